The van der Waals surface area contributed by atoms with Gasteiger partial charge in [-0.2, -0.15) is 10.1 Å². The van der Waals surface area contributed by atoms with Crippen LogP contribution in [-0.4, -0.2) is 38.8 Å². The summed E-state index contributed by atoms with van der Waals surface area (Å²) < 4.78 is 7.84. The Bertz CT molecular complexity index is 1510. The first-order chi connectivity index (χ1) is 19.1. The molecule has 0 saturated carbocycles. The fourth-order valence-corrected chi connectivity index (χ4v) is 5.86. The largest absolute Gasteiger partial charge is 0.489 e. The minimum atomic E-state index is -0.184. The maximum Gasteiger partial charge on any atom is 0.286 e. The van der Waals surface area contributed by atoms with Gasteiger partial charge in [0.25, 0.3) is 5.91 Å². The average molecular weight is 535 g/mol. The maximum absolute atomic E-state index is 12.9. The number of ether oxygens (including phenoxy) is 1. The van der Waals surface area contributed by atoms with Gasteiger partial charge in [-0.15, -0.1) is 0 Å². The molecule has 1 fully saturated rings. The number of para-hydroxylation sites is 1. The second kappa shape index (κ2) is 11.3. The minimum Gasteiger partial charge on any atom is -0.489 e. The number of hydrogen-bond donors (Lipinski definition) is 0. The Morgan fingerprint density at radius 3 is 2.49 bits per heavy atom. The summed E-state index contributed by atoms with van der Waals surface area (Å²) in [4.78, 5) is 20.2. The van der Waals surface area contributed by atoms with Crippen LogP contribution in [0.25, 0.3) is 23.0 Å². The topological polar surface area (TPSA) is 59.7 Å². The molecule has 1 unspecified atom stereocenters. The summed E-state index contributed by atoms with van der Waals surface area (Å²) in [6, 6.07) is 28.1. The van der Waals surface area contributed by atoms with Crippen LogP contribution in [0.4, 0.5) is 0 Å². The summed E-state index contributed by atoms with van der Waals surface area (Å²) in [7, 11) is 0. The van der Waals surface area contributed by atoms with E-state index in [1.165, 1.54) is 18.2 Å². The number of carbonyl (C=O) groups is 1. The standard InChI is InChI=1S/C32H30N4O2S/c1-23-9-8-18-35(20-23)32-33-31(37)29(39-32)19-26-21-36(27-12-6-3-7-13-27)34-30(26)25-14-16-28(17-15-25)38-22-24-10-4-2-5-11-24/h2-7,10-17,19,21,23H,8-9,18,20,22H2,1H3. The second-order valence-electron chi connectivity index (χ2n) is 10.0. The third-order valence-electron chi connectivity index (χ3n) is 6.96. The van der Waals surface area contributed by atoms with Gasteiger partial charge < -0.3 is 9.64 Å². The molecule has 1 aromatic heterocycles. The van der Waals surface area contributed by atoms with Crippen molar-refractivity contribution in [2.75, 3.05) is 13.1 Å². The van der Waals surface area contributed by atoms with Crippen LogP contribution in [0.5, 0.6) is 5.75 Å². The highest BCUT2D eigenvalue weighted by atomic mass is 32.2. The quantitative estimate of drug-likeness (QED) is 0.254. The molecule has 1 amide bonds. The van der Waals surface area contributed by atoms with Gasteiger partial charge in [0.2, 0.25) is 0 Å². The van der Waals surface area contributed by atoms with E-state index < -0.39 is 0 Å². The molecular weight excluding hydrogens is 504 g/mol. The molecule has 7 heteroatoms. The Balaban J connectivity index is 1.27. The Labute approximate surface area is 233 Å². The molecule has 6 nitrogen and oxygen atoms in total. The lowest BCUT2D eigenvalue weighted by Gasteiger charge is -2.31. The van der Waals surface area contributed by atoms with Crippen LogP contribution in [0.3, 0.4) is 0 Å². The van der Waals surface area contributed by atoms with E-state index in [9.17, 15) is 4.79 Å². The van der Waals surface area contributed by atoms with Gasteiger partial charge in [0, 0.05) is 30.4 Å². The van der Waals surface area contributed by atoms with Crippen LogP contribution < -0.4 is 4.74 Å². The first kappa shape index (κ1) is 25.2. The first-order valence-electron chi connectivity index (χ1n) is 13.3. The van der Waals surface area contributed by atoms with Crippen LogP contribution in [0.1, 0.15) is 30.9 Å². The summed E-state index contributed by atoms with van der Waals surface area (Å²) in [5, 5.41) is 5.74. The normalized spacial score (nSPS) is 18.4. The molecule has 0 radical (unpaired) electrons. The van der Waals surface area contributed by atoms with Crippen molar-refractivity contribution in [1.82, 2.24) is 14.7 Å². The van der Waals surface area contributed by atoms with E-state index >= 15 is 0 Å². The van der Waals surface area contributed by atoms with Crippen molar-refractivity contribution in [3.05, 3.63) is 107 Å². The number of nitrogens with zero attached hydrogens (tertiary/aromatic N) is 4. The lowest BCUT2D eigenvalue weighted by atomic mass is 10.0. The molecular formula is C32H30N4O2S. The van der Waals surface area contributed by atoms with E-state index in [1.807, 2.05) is 102 Å². The van der Waals surface area contributed by atoms with Crippen molar-refractivity contribution in [1.29, 1.82) is 0 Å². The van der Waals surface area contributed by atoms with Gasteiger partial charge >= 0.3 is 0 Å². The van der Waals surface area contributed by atoms with Gasteiger partial charge in [0.1, 0.15) is 12.4 Å². The molecule has 1 atom stereocenters. The number of rotatable bonds is 6. The molecule has 0 N–H and O–H groups in total. The summed E-state index contributed by atoms with van der Waals surface area (Å²) in [6.45, 7) is 4.67. The summed E-state index contributed by atoms with van der Waals surface area (Å²) >= 11 is 1.47. The van der Waals surface area contributed by atoms with E-state index in [0.717, 1.165) is 58.5 Å². The monoisotopic (exact) mass is 534 g/mol. The van der Waals surface area contributed by atoms with Gasteiger partial charge in [-0.1, -0.05) is 55.5 Å². The van der Waals surface area contributed by atoms with Gasteiger partial charge in [0.15, 0.2) is 5.17 Å². The van der Waals surface area contributed by atoms with Crippen molar-refractivity contribution in [2.24, 2.45) is 10.9 Å². The van der Waals surface area contributed by atoms with Crippen molar-refractivity contribution in [2.45, 2.75) is 26.4 Å². The van der Waals surface area contributed by atoms with Gasteiger partial charge in [-0.3, -0.25) is 4.79 Å². The number of benzene rings is 3. The minimum absolute atomic E-state index is 0.184. The van der Waals surface area contributed by atoms with E-state index in [2.05, 4.69) is 16.8 Å². The Morgan fingerprint density at radius 2 is 1.74 bits per heavy atom. The molecule has 39 heavy (non-hydrogen) atoms. The summed E-state index contributed by atoms with van der Waals surface area (Å²) in [5.74, 6) is 1.22. The Hall–Kier alpha value is -4.10. The lowest BCUT2D eigenvalue weighted by Crippen LogP contribution is -2.37. The number of aromatic nitrogens is 2. The molecule has 1 saturated heterocycles. The number of hydrogen-bond acceptors (Lipinski definition) is 5. The fourth-order valence-electron chi connectivity index (χ4n) is 4.92. The number of amidine groups is 1. The Morgan fingerprint density at radius 1 is 1.00 bits per heavy atom. The molecule has 3 heterocycles. The zero-order chi connectivity index (χ0) is 26.6. The molecule has 3 aromatic carbocycles. The highest BCUT2D eigenvalue weighted by Crippen LogP contribution is 2.35. The van der Waals surface area contributed by atoms with E-state index in [4.69, 9.17) is 9.84 Å². The molecule has 0 spiro atoms. The molecule has 4 aromatic rings. The lowest BCUT2D eigenvalue weighted by molar-refractivity contribution is -0.113. The van der Waals surface area contributed by atoms with Gasteiger partial charge in [-0.25, -0.2) is 4.68 Å². The van der Waals surface area contributed by atoms with Crippen LogP contribution >= 0.6 is 11.8 Å². The number of carbonyl (C=O) groups excluding carboxylic acids is 1. The van der Waals surface area contributed by atoms with Crippen LogP contribution in [-0.2, 0) is 11.4 Å². The predicted octanol–water partition coefficient (Wildman–Crippen LogP) is 6.82. The number of aliphatic imine (C=N–C) groups is 1. The number of likely N-dealkylation sites (tertiary alicyclic amines) is 1. The number of piperidine rings is 1. The molecule has 6 rings (SSSR count). The average Bonchev–Trinajstić information content (AvgIpc) is 3.57. The van der Waals surface area contributed by atoms with Crippen molar-refractivity contribution < 1.29 is 9.53 Å². The van der Waals surface area contributed by atoms with E-state index in [1.54, 1.807) is 0 Å². The predicted molar refractivity (Wildman–Crippen MR) is 158 cm³/mol. The van der Waals surface area contributed by atoms with Crippen molar-refractivity contribution >= 4 is 28.9 Å². The van der Waals surface area contributed by atoms with Crippen LogP contribution in [0.15, 0.2) is 101 Å². The van der Waals surface area contributed by atoms with Crippen LogP contribution in [0.2, 0.25) is 0 Å². The number of amides is 1. The summed E-state index contributed by atoms with van der Waals surface area (Å²) in [5.41, 5.74) is 4.70. The maximum atomic E-state index is 12.9. The van der Waals surface area contributed by atoms with E-state index in [0.29, 0.717) is 17.4 Å². The second-order valence-corrected chi connectivity index (χ2v) is 11.0. The van der Waals surface area contributed by atoms with E-state index in [-0.39, 0.29) is 5.91 Å². The van der Waals surface area contributed by atoms with Crippen LogP contribution in [0, 0.1) is 5.92 Å². The summed E-state index contributed by atoms with van der Waals surface area (Å²) in [6.07, 6.45) is 6.26. The SMILES string of the molecule is CC1CCCN(C2=NC(=O)C(=Cc3cn(-c4ccccc4)nc3-c3ccc(OCc4ccccc4)cc3)S2)C1. The van der Waals surface area contributed by atoms with Gasteiger partial charge in [0.05, 0.1) is 16.3 Å². The smallest absolute Gasteiger partial charge is 0.286 e. The molecule has 0 aliphatic carbocycles. The van der Waals surface area contributed by atoms with Crippen molar-refractivity contribution in [3.8, 4) is 22.7 Å². The third kappa shape index (κ3) is 5.83. The highest BCUT2D eigenvalue weighted by molar-refractivity contribution is 8.18. The zero-order valence-electron chi connectivity index (χ0n) is 21.9. The third-order valence-corrected chi connectivity index (χ3v) is 8.01. The fraction of sp³-hybridized carbons (Fsp3) is 0.219. The molecule has 196 valence electrons. The molecule has 2 aliphatic heterocycles. The first-order valence-corrected chi connectivity index (χ1v) is 14.1. The number of thioether (sulfide) groups is 1. The molecule has 0 bridgehead atoms. The Kier molecular flexibility index (Phi) is 7.32. The van der Waals surface area contributed by atoms with Gasteiger partial charge in [-0.05, 0) is 78.6 Å². The highest BCUT2D eigenvalue weighted by Gasteiger charge is 2.29. The zero-order valence-corrected chi connectivity index (χ0v) is 22.7. The molecule has 2 aliphatic rings. The van der Waals surface area contributed by atoms with Crippen molar-refractivity contribution in [3.63, 3.8) is 0 Å².